The maximum Gasteiger partial charge on any atom is 0.0582 e. The lowest BCUT2D eigenvalue weighted by atomic mass is 9.71. The second-order valence-corrected chi connectivity index (χ2v) is 3.58. The van der Waals surface area contributed by atoms with Gasteiger partial charge in [-0.3, -0.25) is 0 Å². The summed E-state index contributed by atoms with van der Waals surface area (Å²) < 4.78 is 0. The zero-order chi connectivity index (χ0) is 8.60. The van der Waals surface area contributed by atoms with Gasteiger partial charge in [-0.15, -0.1) is 0 Å². The molecular formula is C10H13NO. The van der Waals surface area contributed by atoms with E-state index in [0.717, 1.165) is 5.56 Å². The molecule has 3 N–H and O–H groups in total. The summed E-state index contributed by atoms with van der Waals surface area (Å²) >= 11 is 0. The Morgan fingerprint density at radius 1 is 1.25 bits per heavy atom. The van der Waals surface area contributed by atoms with Crippen molar-refractivity contribution in [1.29, 1.82) is 0 Å². The SMILES string of the molecule is NC1(c2ccccc2)CC(O)C1. The van der Waals surface area contributed by atoms with Crippen LogP contribution in [0.4, 0.5) is 0 Å². The van der Waals surface area contributed by atoms with Gasteiger partial charge in [0.05, 0.1) is 6.10 Å². The van der Waals surface area contributed by atoms with Crippen LogP contribution in [0.3, 0.4) is 0 Å². The lowest BCUT2D eigenvalue weighted by Gasteiger charge is -2.42. The molecule has 0 radical (unpaired) electrons. The van der Waals surface area contributed by atoms with Gasteiger partial charge in [0, 0.05) is 5.54 Å². The van der Waals surface area contributed by atoms with E-state index in [1.54, 1.807) is 0 Å². The van der Waals surface area contributed by atoms with Gasteiger partial charge in [0.2, 0.25) is 0 Å². The Balaban J connectivity index is 2.21. The fraction of sp³-hybridized carbons (Fsp3) is 0.400. The van der Waals surface area contributed by atoms with Crippen molar-refractivity contribution in [3.63, 3.8) is 0 Å². The van der Waals surface area contributed by atoms with Crippen LogP contribution in [0.1, 0.15) is 18.4 Å². The maximum atomic E-state index is 9.16. The molecule has 1 saturated carbocycles. The smallest absolute Gasteiger partial charge is 0.0582 e. The van der Waals surface area contributed by atoms with Crippen molar-refractivity contribution in [1.82, 2.24) is 0 Å². The lowest BCUT2D eigenvalue weighted by Crippen LogP contribution is -2.51. The molecule has 1 aliphatic carbocycles. The molecule has 1 aromatic rings. The molecule has 0 aromatic heterocycles. The van der Waals surface area contributed by atoms with E-state index in [1.807, 2.05) is 30.3 Å². The minimum absolute atomic E-state index is 0.199. The molecule has 1 aliphatic rings. The molecule has 0 saturated heterocycles. The zero-order valence-corrected chi connectivity index (χ0v) is 6.90. The van der Waals surface area contributed by atoms with Gasteiger partial charge in [0.15, 0.2) is 0 Å². The van der Waals surface area contributed by atoms with E-state index in [9.17, 15) is 0 Å². The summed E-state index contributed by atoms with van der Waals surface area (Å²) in [4.78, 5) is 0. The number of aliphatic hydroxyl groups excluding tert-OH is 1. The lowest BCUT2D eigenvalue weighted by molar-refractivity contribution is 0.0209. The maximum absolute atomic E-state index is 9.16. The van der Waals surface area contributed by atoms with Crippen LogP contribution in [0.25, 0.3) is 0 Å². The predicted octanol–water partition coefficient (Wildman–Crippen LogP) is 0.995. The molecule has 0 amide bonds. The zero-order valence-electron chi connectivity index (χ0n) is 6.90. The van der Waals surface area contributed by atoms with Crippen molar-refractivity contribution in [3.05, 3.63) is 35.9 Å². The average Bonchev–Trinajstić information content (AvgIpc) is 2.04. The fourth-order valence-corrected chi connectivity index (χ4v) is 1.79. The van der Waals surface area contributed by atoms with Crippen molar-refractivity contribution in [2.75, 3.05) is 0 Å². The highest BCUT2D eigenvalue weighted by Crippen LogP contribution is 2.38. The molecule has 0 bridgehead atoms. The second kappa shape index (κ2) is 2.57. The van der Waals surface area contributed by atoms with E-state index in [0.29, 0.717) is 12.8 Å². The Morgan fingerprint density at radius 3 is 2.33 bits per heavy atom. The molecule has 0 heterocycles. The fourth-order valence-electron chi connectivity index (χ4n) is 1.79. The quantitative estimate of drug-likeness (QED) is 0.648. The molecule has 0 unspecified atom stereocenters. The summed E-state index contributed by atoms with van der Waals surface area (Å²) in [7, 11) is 0. The molecule has 1 fully saturated rings. The second-order valence-electron chi connectivity index (χ2n) is 3.58. The minimum atomic E-state index is -0.263. The van der Waals surface area contributed by atoms with Crippen LogP contribution >= 0.6 is 0 Å². The van der Waals surface area contributed by atoms with Crippen molar-refractivity contribution >= 4 is 0 Å². The molecular weight excluding hydrogens is 150 g/mol. The molecule has 2 heteroatoms. The first-order valence-corrected chi connectivity index (χ1v) is 4.23. The topological polar surface area (TPSA) is 46.2 Å². The summed E-state index contributed by atoms with van der Waals surface area (Å²) in [6.07, 6.45) is 1.18. The van der Waals surface area contributed by atoms with Crippen molar-refractivity contribution in [2.45, 2.75) is 24.5 Å². The minimum Gasteiger partial charge on any atom is -0.393 e. The van der Waals surface area contributed by atoms with E-state index >= 15 is 0 Å². The van der Waals surface area contributed by atoms with Crippen LogP contribution in [-0.2, 0) is 5.54 Å². The van der Waals surface area contributed by atoms with Crippen LogP contribution < -0.4 is 5.73 Å². The number of benzene rings is 1. The first-order chi connectivity index (χ1) is 5.71. The highest BCUT2D eigenvalue weighted by Gasteiger charge is 2.41. The Kier molecular flexibility index (Phi) is 1.67. The monoisotopic (exact) mass is 163 g/mol. The average molecular weight is 163 g/mol. The third kappa shape index (κ3) is 1.13. The summed E-state index contributed by atoms with van der Waals surface area (Å²) in [5.41, 5.74) is 6.93. The van der Waals surface area contributed by atoms with Crippen LogP contribution in [0, 0.1) is 0 Å². The van der Waals surface area contributed by atoms with E-state index < -0.39 is 0 Å². The Morgan fingerprint density at radius 2 is 1.83 bits per heavy atom. The van der Waals surface area contributed by atoms with Gasteiger partial charge in [0.1, 0.15) is 0 Å². The third-order valence-corrected chi connectivity index (χ3v) is 2.55. The summed E-state index contributed by atoms with van der Waals surface area (Å²) in [6.45, 7) is 0. The number of rotatable bonds is 1. The predicted molar refractivity (Wildman–Crippen MR) is 47.5 cm³/mol. The normalized spacial score (nSPS) is 34.3. The largest absolute Gasteiger partial charge is 0.393 e. The molecule has 2 nitrogen and oxygen atoms in total. The number of aliphatic hydroxyl groups is 1. The van der Waals surface area contributed by atoms with Gasteiger partial charge in [-0.2, -0.15) is 0 Å². The first kappa shape index (κ1) is 7.77. The van der Waals surface area contributed by atoms with Gasteiger partial charge in [0.25, 0.3) is 0 Å². The van der Waals surface area contributed by atoms with Crippen molar-refractivity contribution < 1.29 is 5.11 Å². The standard InChI is InChI=1S/C10H13NO/c11-10(6-9(12)7-10)8-4-2-1-3-5-8/h1-5,9,12H,6-7,11H2. The van der Waals surface area contributed by atoms with Crippen LogP contribution in [0.5, 0.6) is 0 Å². The highest BCUT2D eigenvalue weighted by atomic mass is 16.3. The van der Waals surface area contributed by atoms with Crippen LogP contribution in [0.2, 0.25) is 0 Å². The number of hydrogen-bond acceptors (Lipinski definition) is 2. The van der Waals surface area contributed by atoms with E-state index in [-0.39, 0.29) is 11.6 Å². The van der Waals surface area contributed by atoms with Crippen LogP contribution in [0.15, 0.2) is 30.3 Å². The summed E-state index contributed by atoms with van der Waals surface area (Å²) in [6, 6.07) is 9.98. The van der Waals surface area contributed by atoms with E-state index in [2.05, 4.69) is 0 Å². The molecule has 64 valence electrons. The van der Waals surface area contributed by atoms with Gasteiger partial charge in [-0.25, -0.2) is 0 Å². The Bertz CT molecular complexity index is 264. The third-order valence-electron chi connectivity index (χ3n) is 2.55. The summed E-state index contributed by atoms with van der Waals surface area (Å²) in [5, 5.41) is 9.16. The molecule has 1 aromatic carbocycles. The van der Waals surface area contributed by atoms with Crippen LogP contribution in [-0.4, -0.2) is 11.2 Å². The van der Waals surface area contributed by atoms with Gasteiger partial charge in [-0.1, -0.05) is 30.3 Å². The molecule has 12 heavy (non-hydrogen) atoms. The Hall–Kier alpha value is -0.860. The summed E-state index contributed by atoms with van der Waals surface area (Å²) in [5.74, 6) is 0. The highest BCUT2D eigenvalue weighted by molar-refractivity contribution is 5.27. The molecule has 0 atom stereocenters. The molecule has 0 spiro atoms. The number of hydrogen-bond donors (Lipinski definition) is 2. The molecule has 2 rings (SSSR count). The van der Waals surface area contributed by atoms with Gasteiger partial charge < -0.3 is 10.8 Å². The molecule has 0 aliphatic heterocycles. The Labute approximate surface area is 72.0 Å². The van der Waals surface area contributed by atoms with E-state index in [1.165, 1.54) is 0 Å². The van der Waals surface area contributed by atoms with Gasteiger partial charge in [-0.05, 0) is 18.4 Å². The first-order valence-electron chi connectivity index (χ1n) is 4.23. The van der Waals surface area contributed by atoms with E-state index in [4.69, 9.17) is 10.8 Å². The van der Waals surface area contributed by atoms with Crippen molar-refractivity contribution in [3.8, 4) is 0 Å². The number of nitrogens with two attached hydrogens (primary N) is 1. The van der Waals surface area contributed by atoms with Gasteiger partial charge >= 0.3 is 0 Å². The van der Waals surface area contributed by atoms with Crippen molar-refractivity contribution in [2.24, 2.45) is 5.73 Å².